The predicted molar refractivity (Wildman–Crippen MR) is 152 cm³/mol. The lowest BCUT2D eigenvalue weighted by atomic mass is 9.96. The Morgan fingerprint density at radius 3 is 2.40 bits per heavy atom. The molecule has 1 saturated carbocycles. The number of ketones is 1. The van der Waals surface area contributed by atoms with Crippen molar-refractivity contribution in [3.8, 4) is 11.3 Å². The molecule has 0 unspecified atom stereocenters. The highest BCUT2D eigenvalue weighted by molar-refractivity contribution is 5.98. The number of benzene rings is 2. The van der Waals surface area contributed by atoms with Crippen LogP contribution < -0.4 is 16.2 Å². The van der Waals surface area contributed by atoms with Gasteiger partial charge in [-0.25, -0.2) is 14.2 Å². The highest BCUT2D eigenvalue weighted by atomic mass is 19.1. The van der Waals surface area contributed by atoms with Crippen molar-refractivity contribution in [1.29, 1.82) is 0 Å². The third-order valence-corrected chi connectivity index (χ3v) is 7.29. The minimum absolute atomic E-state index is 0.248. The molecule has 0 radical (unpaired) electrons. The van der Waals surface area contributed by atoms with Crippen molar-refractivity contribution in [2.24, 2.45) is 5.92 Å². The Bertz CT molecular complexity index is 1710. The molecule has 13 heteroatoms. The summed E-state index contributed by atoms with van der Waals surface area (Å²) >= 11 is 0. The second-order valence-corrected chi connectivity index (χ2v) is 10.5. The van der Waals surface area contributed by atoms with E-state index in [0.29, 0.717) is 24.1 Å². The number of halogens is 1. The monoisotopic (exact) mass is 588 g/mol. The maximum absolute atomic E-state index is 13.5. The number of carbonyl (C=O) groups excluding carboxylic acids is 3. The van der Waals surface area contributed by atoms with Crippen molar-refractivity contribution in [2.45, 2.75) is 44.7 Å². The van der Waals surface area contributed by atoms with Gasteiger partial charge in [-0.2, -0.15) is 0 Å². The van der Waals surface area contributed by atoms with E-state index in [1.807, 2.05) is 0 Å². The molecule has 1 atom stereocenters. The van der Waals surface area contributed by atoms with Crippen molar-refractivity contribution in [1.82, 2.24) is 25.1 Å². The maximum Gasteiger partial charge on any atom is 0.412 e. The fourth-order valence-corrected chi connectivity index (χ4v) is 4.78. The topological polar surface area (TPSA) is 158 Å². The number of hydrogen-bond donors (Lipinski definition) is 2. The number of ether oxygens (including phenoxy) is 1. The summed E-state index contributed by atoms with van der Waals surface area (Å²) in [6.45, 7) is 3.00. The van der Waals surface area contributed by atoms with Gasteiger partial charge in [0, 0.05) is 0 Å². The zero-order valence-corrected chi connectivity index (χ0v) is 23.7. The summed E-state index contributed by atoms with van der Waals surface area (Å²) in [6.07, 6.45) is 1.87. The first-order valence-corrected chi connectivity index (χ1v) is 13.6. The molecule has 12 nitrogen and oxygen atoms in total. The molecular weight excluding hydrogens is 559 g/mol. The van der Waals surface area contributed by atoms with Crippen LogP contribution in [0.1, 0.15) is 48.8 Å². The minimum atomic E-state index is -1.05. The fraction of sp³-hybridized carbons (Fsp3) is 0.300. The largest absolute Gasteiger partial charge is 0.453 e. The average Bonchev–Trinajstić information content (AvgIpc) is 3.66. The summed E-state index contributed by atoms with van der Waals surface area (Å²) in [6, 6.07) is 13.8. The smallest absolute Gasteiger partial charge is 0.412 e. The lowest BCUT2D eigenvalue weighted by molar-refractivity contribution is -0.122. The Morgan fingerprint density at radius 1 is 1.07 bits per heavy atom. The van der Waals surface area contributed by atoms with E-state index in [4.69, 9.17) is 4.42 Å². The molecule has 0 aliphatic heterocycles. The van der Waals surface area contributed by atoms with Gasteiger partial charge in [-0.3, -0.25) is 24.3 Å². The van der Waals surface area contributed by atoms with Gasteiger partial charge in [-0.15, -0.1) is 10.2 Å². The van der Waals surface area contributed by atoms with Crippen LogP contribution >= 0.6 is 0 Å². The van der Waals surface area contributed by atoms with E-state index < -0.39 is 41.3 Å². The molecule has 43 heavy (non-hydrogen) atoms. The molecule has 2 aromatic heterocycles. The van der Waals surface area contributed by atoms with Crippen LogP contribution in [0.2, 0.25) is 0 Å². The number of nitrogens with one attached hydrogen (secondary N) is 2. The molecule has 4 aromatic rings. The van der Waals surface area contributed by atoms with Crippen LogP contribution in [-0.4, -0.2) is 50.7 Å². The normalized spacial score (nSPS) is 14.2. The summed E-state index contributed by atoms with van der Waals surface area (Å²) < 4.78 is 25.0. The number of hydrogen-bond acceptors (Lipinski definition) is 9. The van der Waals surface area contributed by atoms with Gasteiger partial charge in [0.2, 0.25) is 23.4 Å². The number of carbonyl (C=O) groups is 3. The Hall–Kier alpha value is -5.20. The minimum Gasteiger partial charge on any atom is -0.453 e. The van der Waals surface area contributed by atoms with Crippen molar-refractivity contribution in [3.63, 3.8) is 0 Å². The van der Waals surface area contributed by atoms with Crippen LogP contribution in [0, 0.1) is 11.7 Å². The van der Waals surface area contributed by atoms with Crippen LogP contribution in [0.5, 0.6) is 0 Å². The number of aromatic nitrogens is 4. The van der Waals surface area contributed by atoms with Crippen molar-refractivity contribution >= 4 is 23.6 Å². The quantitative estimate of drug-likeness (QED) is 0.263. The molecule has 1 aliphatic carbocycles. The van der Waals surface area contributed by atoms with Crippen LogP contribution in [0.25, 0.3) is 11.3 Å². The SMILES string of the molecule is COC(=O)Nc1ncc(-c2ccccc2)n(CC(=O)N[C@H](C(=O)c2nnc(C3(c4ccc(F)cc4)CC3)o2)C(C)C)c1=O. The first-order valence-electron chi connectivity index (χ1n) is 13.6. The molecule has 222 valence electrons. The Labute approximate surface area is 245 Å². The molecule has 0 bridgehead atoms. The number of amides is 2. The lowest BCUT2D eigenvalue weighted by Gasteiger charge is -2.21. The van der Waals surface area contributed by atoms with E-state index in [-0.39, 0.29) is 29.3 Å². The van der Waals surface area contributed by atoms with E-state index in [2.05, 4.69) is 30.6 Å². The predicted octanol–water partition coefficient (Wildman–Crippen LogP) is 3.71. The second kappa shape index (κ2) is 12.0. The van der Waals surface area contributed by atoms with E-state index in [0.717, 1.165) is 17.2 Å². The van der Waals surface area contributed by atoms with Gasteiger partial charge in [0.05, 0.1) is 30.5 Å². The summed E-state index contributed by atoms with van der Waals surface area (Å²) in [5.41, 5.74) is 0.409. The van der Waals surface area contributed by atoms with Gasteiger partial charge >= 0.3 is 6.09 Å². The van der Waals surface area contributed by atoms with Crippen LogP contribution in [0.15, 0.2) is 70.0 Å². The third-order valence-electron chi connectivity index (χ3n) is 7.29. The van der Waals surface area contributed by atoms with Gasteiger partial charge in [0.15, 0.2) is 0 Å². The Morgan fingerprint density at radius 2 is 1.77 bits per heavy atom. The molecule has 0 spiro atoms. The molecule has 2 amide bonds. The van der Waals surface area contributed by atoms with Crippen LogP contribution in [0.3, 0.4) is 0 Å². The van der Waals surface area contributed by atoms with E-state index in [1.54, 1.807) is 56.3 Å². The van der Waals surface area contributed by atoms with E-state index in [1.165, 1.54) is 18.3 Å². The highest BCUT2D eigenvalue weighted by Crippen LogP contribution is 2.52. The first-order chi connectivity index (χ1) is 20.6. The summed E-state index contributed by atoms with van der Waals surface area (Å²) in [7, 11) is 1.14. The molecule has 2 aromatic carbocycles. The number of methoxy groups -OCH3 is 1. The molecule has 2 heterocycles. The Kier molecular flexibility index (Phi) is 8.15. The molecule has 5 rings (SSSR count). The van der Waals surface area contributed by atoms with Gasteiger partial charge < -0.3 is 14.5 Å². The average molecular weight is 589 g/mol. The maximum atomic E-state index is 13.5. The number of anilines is 1. The third kappa shape index (κ3) is 6.05. The lowest BCUT2D eigenvalue weighted by Crippen LogP contribution is -2.46. The van der Waals surface area contributed by atoms with Crippen molar-refractivity contribution < 1.29 is 27.9 Å². The number of Topliss-reactive ketones (excluding diaryl/α,β-unsaturated/α-hetero) is 1. The van der Waals surface area contributed by atoms with Gasteiger partial charge in [0.25, 0.3) is 11.4 Å². The van der Waals surface area contributed by atoms with Gasteiger partial charge in [0.1, 0.15) is 12.4 Å². The highest BCUT2D eigenvalue weighted by Gasteiger charge is 2.51. The van der Waals surface area contributed by atoms with Gasteiger partial charge in [-0.1, -0.05) is 56.3 Å². The zero-order chi connectivity index (χ0) is 30.7. The fourth-order valence-electron chi connectivity index (χ4n) is 4.78. The van der Waals surface area contributed by atoms with Crippen molar-refractivity contribution in [2.75, 3.05) is 12.4 Å². The van der Waals surface area contributed by atoms with Crippen molar-refractivity contribution in [3.05, 3.63) is 94.3 Å². The molecule has 2 N–H and O–H groups in total. The van der Waals surface area contributed by atoms with Crippen LogP contribution in [-0.2, 0) is 21.5 Å². The van der Waals surface area contributed by atoms with E-state index in [9.17, 15) is 23.6 Å². The van der Waals surface area contributed by atoms with E-state index >= 15 is 0 Å². The molecule has 1 aliphatic rings. The number of rotatable bonds is 10. The number of nitrogens with zero attached hydrogens (tertiary/aromatic N) is 4. The van der Waals surface area contributed by atoms with Crippen LogP contribution in [0.4, 0.5) is 15.0 Å². The standard InChI is InChI=1S/C30H29FN6O6/c1-17(2)23(24(39)26-35-36-28(43-26)30(13-14-30)19-9-11-20(31)12-10-19)33-22(38)16-37-21(18-7-5-4-6-8-18)15-32-25(27(37)40)34-29(41)42-3/h4-12,15,17,23H,13-14,16H2,1-3H3,(H,33,38)(H,32,34,41)/t23-/m0/s1. The second-order valence-electron chi connectivity index (χ2n) is 10.5. The summed E-state index contributed by atoms with van der Waals surface area (Å²) in [5.74, 6) is -2.32. The summed E-state index contributed by atoms with van der Waals surface area (Å²) in [4.78, 5) is 55.9. The van der Waals surface area contributed by atoms with Gasteiger partial charge in [-0.05, 0) is 42.0 Å². The molecule has 0 saturated heterocycles. The Balaban J connectivity index is 1.38. The molecular formula is C30H29FN6O6. The molecule has 1 fully saturated rings. The zero-order valence-electron chi connectivity index (χ0n) is 23.7. The first kappa shape index (κ1) is 29.3. The summed E-state index contributed by atoms with van der Waals surface area (Å²) in [5, 5.41) is 13.0.